The van der Waals surface area contributed by atoms with Crippen LogP contribution in [0.1, 0.15) is 12.1 Å². The van der Waals surface area contributed by atoms with E-state index in [0.717, 1.165) is 29.6 Å². The standard InChI is InChI=1S/C21H23FN4O3/c1-29-19-3-2-14(22)8-16(19)20-17-9-18(25-21(17)24-12-23-20)13-4-6-26(7-5-13)10-15(28)11-27/h2-4,8-9,12,15,27-28H,5-7,10-11H2,1H3,(H,23,24,25). The van der Waals surface area contributed by atoms with Gasteiger partial charge in [-0.2, -0.15) is 0 Å². The number of rotatable bonds is 6. The van der Waals surface area contributed by atoms with Gasteiger partial charge in [-0.1, -0.05) is 6.08 Å². The van der Waals surface area contributed by atoms with E-state index in [-0.39, 0.29) is 12.4 Å². The number of hydrogen-bond donors (Lipinski definition) is 3. The minimum absolute atomic E-state index is 0.236. The van der Waals surface area contributed by atoms with Crippen molar-refractivity contribution in [1.82, 2.24) is 19.9 Å². The van der Waals surface area contributed by atoms with Crippen molar-refractivity contribution in [2.45, 2.75) is 12.5 Å². The molecule has 1 atom stereocenters. The normalized spacial score (nSPS) is 16.1. The van der Waals surface area contributed by atoms with Crippen LogP contribution in [0.2, 0.25) is 0 Å². The topological polar surface area (TPSA) is 94.5 Å². The number of hydrogen-bond acceptors (Lipinski definition) is 6. The molecule has 0 spiro atoms. The summed E-state index contributed by atoms with van der Waals surface area (Å²) >= 11 is 0. The van der Waals surface area contributed by atoms with Gasteiger partial charge >= 0.3 is 0 Å². The second-order valence-corrected chi connectivity index (χ2v) is 7.09. The number of aliphatic hydroxyl groups is 2. The van der Waals surface area contributed by atoms with Gasteiger partial charge in [0.2, 0.25) is 0 Å². The van der Waals surface area contributed by atoms with Crippen LogP contribution in [0.3, 0.4) is 0 Å². The molecular formula is C21H23FN4O3. The van der Waals surface area contributed by atoms with Crippen molar-refractivity contribution in [3.8, 4) is 17.0 Å². The lowest BCUT2D eigenvalue weighted by Gasteiger charge is -2.27. The molecule has 0 radical (unpaired) electrons. The zero-order valence-electron chi connectivity index (χ0n) is 16.1. The molecule has 1 aliphatic heterocycles. The zero-order valence-corrected chi connectivity index (χ0v) is 16.1. The predicted octanol–water partition coefficient (Wildman–Crippen LogP) is 2.21. The van der Waals surface area contributed by atoms with Crippen molar-refractivity contribution < 1.29 is 19.3 Å². The van der Waals surface area contributed by atoms with Gasteiger partial charge in [-0.15, -0.1) is 0 Å². The van der Waals surface area contributed by atoms with E-state index in [1.165, 1.54) is 18.5 Å². The molecule has 0 fully saturated rings. The first-order chi connectivity index (χ1) is 14.1. The Kier molecular flexibility index (Phi) is 5.57. The molecular weight excluding hydrogens is 375 g/mol. The molecule has 1 unspecified atom stereocenters. The summed E-state index contributed by atoms with van der Waals surface area (Å²) in [6.07, 6.45) is 3.64. The third-order valence-corrected chi connectivity index (χ3v) is 5.16. The Hall–Kier alpha value is -2.81. The molecule has 7 nitrogen and oxygen atoms in total. The molecule has 8 heteroatoms. The van der Waals surface area contributed by atoms with Gasteiger partial charge in [-0.25, -0.2) is 14.4 Å². The van der Waals surface area contributed by atoms with E-state index in [4.69, 9.17) is 9.84 Å². The van der Waals surface area contributed by atoms with Crippen LogP contribution in [0.15, 0.2) is 36.7 Å². The number of ether oxygens (including phenoxy) is 1. The van der Waals surface area contributed by atoms with E-state index < -0.39 is 6.10 Å². The van der Waals surface area contributed by atoms with Crippen LogP contribution in [-0.4, -0.2) is 69.5 Å². The maximum Gasteiger partial charge on any atom is 0.141 e. The van der Waals surface area contributed by atoms with Crippen LogP contribution in [0.25, 0.3) is 27.9 Å². The fourth-order valence-corrected chi connectivity index (χ4v) is 3.67. The number of fused-ring (bicyclic) bond motifs is 1. The molecule has 1 aromatic carbocycles. The summed E-state index contributed by atoms with van der Waals surface area (Å²) in [5, 5.41) is 19.4. The average Bonchev–Trinajstić information content (AvgIpc) is 3.18. The number of aromatic amines is 1. The molecule has 0 aliphatic carbocycles. The Morgan fingerprint density at radius 3 is 2.90 bits per heavy atom. The number of β-amino-alcohol motifs (C(OH)–C–C–N with tert-alkyl or cyclic N) is 1. The lowest BCUT2D eigenvalue weighted by molar-refractivity contribution is 0.0623. The van der Waals surface area contributed by atoms with Crippen molar-refractivity contribution in [3.05, 3.63) is 48.2 Å². The van der Waals surface area contributed by atoms with Gasteiger partial charge in [0, 0.05) is 36.3 Å². The van der Waals surface area contributed by atoms with Gasteiger partial charge in [0.15, 0.2) is 0 Å². The van der Waals surface area contributed by atoms with E-state index in [1.54, 1.807) is 13.2 Å². The quantitative estimate of drug-likeness (QED) is 0.589. The number of halogens is 1. The summed E-state index contributed by atoms with van der Waals surface area (Å²) in [6, 6.07) is 6.34. The fraction of sp³-hybridized carbons (Fsp3) is 0.333. The first-order valence-electron chi connectivity index (χ1n) is 9.47. The Morgan fingerprint density at radius 1 is 1.31 bits per heavy atom. The molecule has 3 heterocycles. The molecule has 3 N–H and O–H groups in total. The molecule has 2 aromatic heterocycles. The minimum Gasteiger partial charge on any atom is -0.496 e. The van der Waals surface area contributed by atoms with Crippen LogP contribution in [0.4, 0.5) is 4.39 Å². The molecule has 3 aromatic rings. The van der Waals surface area contributed by atoms with Gasteiger partial charge in [-0.05, 0) is 36.3 Å². The second-order valence-electron chi connectivity index (χ2n) is 7.09. The van der Waals surface area contributed by atoms with Crippen LogP contribution in [0, 0.1) is 5.82 Å². The zero-order chi connectivity index (χ0) is 20.4. The highest BCUT2D eigenvalue weighted by atomic mass is 19.1. The van der Waals surface area contributed by atoms with Crippen molar-refractivity contribution in [3.63, 3.8) is 0 Å². The first-order valence-corrected chi connectivity index (χ1v) is 9.47. The van der Waals surface area contributed by atoms with Crippen molar-refractivity contribution in [2.24, 2.45) is 0 Å². The number of nitrogens with zero attached hydrogens (tertiary/aromatic N) is 3. The molecule has 4 rings (SSSR count). The molecule has 152 valence electrons. The lowest BCUT2D eigenvalue weighted by atomic mass is 10.0. The Bertz CT molecular complexity index is 1050. The SMILES string of the molecule is COc1ccc(F)cc1-c1ncnc2[nH]c(C3=CCN(CC(O)CO)CC3)cc12. The molecule has 0 amide bonds. The second kappa shape index (κ2) is 8.28. The molecule has 0 bridgehead atoms. The first kappa shape index (κ1) is 19.5. The van der Waals surface area contributed by atoms with E-state index in [1.807, 2.05) is 6.07 Å². The molecule has 1 aliphatic rings. The lowest BCUT2D eigenvalue weighted by Crippen LogP contribution is -2.37. The largest absolute Gasteiger partial charge is 0.496 e. The van der Waals surface area contributed by atoms with Crippen molar-refractivity contribution in [1.29, 1.82) is 0 Å². The average molecular weight is 398 g/mol. The van der Waals surface area contributed by atoms with Crippen molar-refractivity contribution in [2.75, 3.05) is 33.4 Å². The molecule has 0 saturated heterocycles. The van der Waals surface area contributed by atoms with Crippen LogP contribution < -0.4 is 4.74 Å². The van der Waals surface area contributed by atoms with Crippen LogP contribution in [0.5, 0.6) is 5.75 Å². The number of H-pyrrole nitrogens is 1. The van der Waals surface area contributed by atoms with E-state index in [0.29, 0.717) is 35.7 Å². The number of benzene rings is 1. The monoisotopic (exact) mass is 398 g/mol. The Labute approximate surface area is 167 Å². The number of aliphatic hydroxyl groups excluding tert-OH is 2. The summed E-state index contributed by atoms with van der Waals surface area (Å²) in [6.45, 7) is 1.69. The predicted molar refractivity (Wildman–Crippen MR) is 108 cm³/mol. The summed E-state index contributed by atoms with van der Waals surface area (Å²) < 4.78 is 19.3. The highest BCUT2D eigenvalue weighted by Gasteiger charge is 2.19. The summed E-state index contributed by atoms with van der Waals surface area (Å²) in [5.41, 5.74) is 3.95. The third-order valence-electron chi connectivity index (χ3n) is 5.16. The number of aromatic nitrogens is 3. The summed E-state index contributed by atoms with van der Waals surface area (Å²) in [7, 11) is 1.55. The van der Waals surface area contributed by atoms with Gasteiger partial charge in [0.1, 0.15) is 23.5 Å². The minimum atomic E-state index is -0.725. The highest BCUT2D eigenvalue weighted by molar-refractivity contribution is 5.94. The van der Waals surface area contributed by atoms with Crippen LogP contribution >= 0.6 is 0 Å². The maximum atomic E-state index is 13.9. The van der Waals surface area contributed by atoms with Gasteiger partial charge in [0.05, 0.1) is 25.5 Å². The summed E-state index contributed by atoms with van der Waals surface area (Å²) in [4.78, 5) is 14.1. The molecule has 0 saturated carbocycles. The molecule has 29 heavy (non-hydrogen) atoms. The number of nitrogens with one attached hydrogen (secondary N) is 1. The van der Waals surface area contributed by atoms with Gasteiger partial charge < -0.3 is 19.9 Å². The Balaban J connectivity index is 1.67. The van der Waals surface area contributed by atoms with E-state index in [9.17, 15) is 9.50 Å². The van der Waals surface area contributed by atoms with Crippen molar-refractivity contribution >= 4 is 16.6 Å². The smallest absolute Gasteiger partial charge is 0.141 e. The van der Waals surface area contributed by atoms with Crippen LogP contribution in [-0.2, 0) is 0 Å². The van der Waals surface area contributed by atoms with E-state index in [2.05, 4.69) is 25.9 Å². The third kappa shape index (κ3) is 4.00. The fourth-order valence-electron chi connectivity index (χ4n) is 3.67. The van der Waals surface area contributed by atoms with Gasteiger partial charge in [0.25, 0.3) is 0 Å². The number of methoxy groups -OCH3 is 1. The van der Waals surface area contributed by atoms with Gasteiger partial charge in [-0.3, -0.25) is 4.90 Å². The van der Waals surface area contributed by atoms with E-state index >= 15 is 0 Å². The maximum absolute atomic E-state index is 13.9. The highest BCUT2D eigenvalue weighted by Crippen LogP contribution is 2.35. The summed E-state index contributed by atoms with van der Waals surface area (Å²) in [5.74, 6) is 0.188. The Morgan fingerprint density at radius 2 is 2.17 bits per heavy atom.